The Labute approximate surface area is 223 Å². The normalized spacial score (nSPS) is 13.2. The Morgan fingerprint density at radius 3 is 0.864 bits per heavy atom. The van der Waals surface area contributed by atoms with Crippen LogP contribution in [0.5, 0.6) is 0 Å². The maximum Gasteiger partial charge on any atom is 1.00 e. The van der Waals surface area contributed by atoms with E-state index in [0.717, 1.165) is 0 Å². The van der Waals surface area contributed by atoms with E-state index in [-0.39, 0.29) is 125 Å². The average molecular weight is 460 g/mol. The van der Waals surface area contributed by atoms with E-state index in [9.17, 15) is 37.8 Å². The summed E-state index contributed by atoms with van der Waals surface area (Å²) in [5.74, 6) is 0.347. The zero-order valence-corrected chi connectivity index (χ0v) is 25.1. The molecule has 0 aliphatic carbocycles. The molecule has 0 aromatic carbocycles. The van der Waals surface area contributed by atoms with Crippen LogP contribution in [0.25, 0.3) is 0 Å². The van der Waals surface area contributed by atoms with Crippen LogP contribution in [0.4, 0.5) is 0 Å². The number of hydrogen-bond acceptors (Lipinski definition) is 11. The molecule has 0 rings (SSSR count). The van der Waals surface area contributed by atoms with Gasteiger partial charge in [0.1, 0.15) is 33.0 Å². The Morgan fingerprint density at radius 2 is 0.864 bits per heavy atom. The minimum absolute atomic E-state index is 0. The number of alkyl halides is 1. The van der Waals surface area contributed by atoms with Gasteiger partial charge in [-0.3, -0.25) is 8.62 Å². The van der Waals surface area contributed by atoms with E-state index >= 15 is 0 Å². The van der Waals surface area contributed by atoms with Gasteiger partial charge in [-0.15, -0.1) is 11.6 Å². The van der Waals surface area contributed by atoms with E-state index in [2.05, 4.69) is 8.62 Å². The summed E-state index contributed by atoms with van der Waals surface area (Å²) < 4.78 is 43.6. The van der Waals surface area contributed by atoms with E-state index in [1.807, 2.05) is 0 Å². The van der Waals surface area contributed by atoms with Crippen LogP contribution in [0, 0.1) is 0 Å². The zero-order chi connectivity index (χ0) is 15.1. The third-order valence-electron chi connectivity index (χ3n) is 0.418. The van der Waals surface area contributed by atoms with Crippen LogP contribution in [0.1, 0.15) is 0 Å². The molecule has 0 heterocycles. The molecule has 0 fully saturated rings. The molecule has 0 spiro atoms. The van der Waals surface area contributed by atoms with Crippen molar-refractivity contribution in [2.75, 3.05) is 12.5 Å². The maximum absolute atomic E-state index is 9.29. The van der Waals surface area contributed by atoms with Crippen LogP contribution in [0.15, 0.2) is 0 Å². The topological polar surface area (TPSA) is 199 Å². The quantitative estimate of drug-likeness (QED) is 0.232. The second-order valence-electron chi connectivity index (χ2n) is 1.62. The summed E-state index contributed by atoms with van der Waals surface area (Å²) in [7, 11) is -14.1. The SMILES string of the molecule is O=[PH]([O-])O[PH](=O)[O-].O=[PH]([O-])O[PH](=O)[O-].OCCCl.[Na+].[Na+].[Na+].[Na+]. The summed E-state index contributed by atoms with van der Waals surface area (Å²) in [6.07, 6.45) is 0. The van der Waals surface area contributed by atoms with Crippen molar-refractivity contribution >= 4 is 44.6 Å². The number of hydrogen-bond donors (Lipinski definition) is 1. The maximum atomic E-state index is 9.29. The van der Waals surface area contributed by atoms with E-state index < -0.39 is 33.0 Å². The van der Waals surface area contributed by atoms with Gasteiger partial charge in [0.15, 0.2) is 0 Å². The van der Waals surface area contributed by atoms with Crippen molar-refractivity contribution in [2.24, 2.45) is 0 Å². The molecule has 4 unspecified atom stereocenters. The Bertz CT molecular complexity index is 243. The van der Waals surface area contributed by atoms with Crippen molar-refractivity contribution in [1.29, 1.82) is 0 Å². The van der Waals surface area contributed by atoms with Gasteiger partial charge < -0.3 is 42.9 Å². The Kier molecular flexibility index (Phi) is 76.2. The zero-order valence-electron chi connectivity index (χ0n) is 12.3. The first-order valence-electron chi connectivity index (χ1n) is 3.53. The predicted octanol–water partition coefficient (Wildman–Crippen LogP) is -14.8. The molecule has 0 aliphatic rings. The van der Waals surface area contributed by atoms with Crippen LogP contribution >= 0.6 is 44.6 Å². The number of rotatable bonds is 5. The molecule has 0 bridgehead atoms. The first-order valence-corrected chi connectivity index (χ1v) is 8.97. The van der Waals surface area contributed by atoms with Gasteiger partial charge in [-0.25, -0.2) is 0 Å². The number of halogens is 1. The van der Waals surface area contributed by atoms with E-state index in [0.29, 0.717) is 5.88 Å². The smallest absolute Gasteiger partial charge is 0.781 e. The van der Waals surface area contributed by atoms with Gasteiger partial charge in [0.25, 0.3) is 0 Å². The molecule has 0 amide bonds. The third kappa shape index (κ3) is 73.6. The molecule has 11 nitrogen and oxygen atoms in total. The van der Waals surface area contributed by atoms with Crippen molar-refractivity contribution in [2.45, 2.75) is 0 Å². The van der Waals surface area contributed by atoms with Gasteiger partial charge in [-0.05, 0) is 0 Å². The second kappa shape index (κ2) is 36.8. The summed E-state index contributed by atoms with van der Waals surface area (Å²) in [4.78, 5) is 37.1. The van der Waals surface area contributed by atoms with Crippen molar-refractivity contribution in [3.63, 3.8) is 0 Å². The fourth-order valence-corrected chi connectivity index (χ4v) is 1.22. The minimum atomic E-state index is -3.51. The largest absolute Gasteiger partial charge is 1.00 e. The molecule has 1 N–H and O–H groups in total. The molecule has 0 saturated heterocycles. The molecule has 0 aromatic rings. The second-order valence-corrected chi connectivity index (χ2v) is 5.63. The fourth-order valence-electron chi connectivity index (χ4n) is 0.136. The number of aliphatic hydroxyl groups excluding tert-OH is 1. The summed E-state index contributed by atoms with van der Waals surface area (Å²) in [6.45, 7) is 0.0849. The molecule has 22 heavy (non-hydrogen) atoms. The van der Waals surface area contributed by atoms with Crippen LogP contribution in [-0.4, -0.2) is 17.6 Å². The Hall–Kier alpha value is 4.93. The standard InChI is InChI=1S/C2H5ClO.4Na.2H4O5P2/c3-1-2-4;;;;;2*1-6(2)5-7(3)4/h4H,1-2H2;;;;;2*6-7H,(H,1,2)(H,3,4)/q;4*+1;;/p-4. The monoisotopic (exact) mass is 460 g/mol. The van der Waals surface area contributed by atoms with Crippen molar-refractivity contribution < 1.29 is 170 Å². The van der Waals surface area contributed by atoms with Crippen molar-refractivity contribution in [1.82, 2.24) is 0 Å². The molecule has 0 aliphatic heterocycles. The third-order valence-corrected chi connectivity index (χ3v) is 3.25. The summed E-state index contributed by atoms with van der Waals surface area (Å²) in [5, 5.41) is 7.74. The van der Waals surface area contributed by atoms with Crippen molar-refractivity contribution in [3.8, 4) is 0 Å². The van der Waals surface area contributed by atoms with Crippen LogP contribution < -0.4 is 138 Å². The van der Waals surface area contributed by atoms with Gasteiger partial charge in [0, 0.05) is 5.88 Å². The molecule has 0 saturated carbocycles. The average Bonchev–Trinajstić information content (AvgIpc) is 2.14. The first-order chi connectivity index (χ1) is 8.17. The van der Waals surface area contributed by atoms with Crippen LogP contribution in [0.2, 0.25) is 0 Å². The molecule has 114 valence electrons. The van der Waals surface area contributed by atoms with Crippen LogP contribution in [-0.2, 0) is 26.9 Å². The number of aliphatic hydroxyl groups is 1. The molecule has 20 heteroatoms. The molecule has 4 atom stereocenters. The summed E-state index contributed by atoms with van der Waals surface area (Å²) in [6, 6.07) is 0. The van der Waals surface area contributed by atoms with Crippen LogP contribution in [0.3, 0.4) is 0 Å². The van der Waals surface area contributed by atoms with Gasteiger partial charge in [0.2, 0.25) is 0 Å². The molecular formula is C2H9ClNa4O11P4. The van der Waals surface area contributed by atoms with E-state index in [1.54, 1.807) is 0 Å². The summed E-state index contributed by atoms with van der Waals surface area (Å²) in [5.41, 5.74) is 0. The first kappa shape index (κ1) is 45.6. The predicted molar refractivity (Wildman–Crippen MR) is 56.0 cm³/mol. The van der Waals surface area contributed by atoms with Crippen molar-refractivity contribution in [3.05, 3.63) is 0 Å². The molecule has 0 aromatic heterocycles. The van der Waals surface area contributed by atoms with Gasteiger partial charge >= 0.3 is 118 Å². The van der Waals surface area contributed by atoms with Gasteiger partial charge in [-0.2, -0.15) is 0 Å². The van der Waals surface area contributed by atoms with E-state index in [4.69, 9.17) is 16.7 Å². The Morgan fingerprint density at radius 1 is 0.727 bits per heavy atom. The summed E-state index contributed by atoms with van der Waals surface area (Å²) >= 11 is 4.94. The molecular weight excluding hydrogens is 451 g/mol. The van der Waals surface area contributed by atoms with Gasteiger partial charge in [0.05, 0.1) is 6.61 Å². The molecule has 0 radical (unpaired) electrons. The Balaban J connectivity index is -0.0000000290. The fraction of sp³-hybridized carbons (Fsp3) is 1.00. The minimum Gasteiger partial charge on any atom is -0.781 e. The van der Waals surface area contributed by atoms with Gasteiger partial charge in [-0.1, -0.05) is 0 Å². The van der Waals surface area contributed by atoms with E-state index in [1.165, 1.54) is 0 Å².